The zero-order valence-electron chi connectivity index (χ0n) is 35.6. The zero-order valence-corrected chi connectivity index (χ0v) is 36.3. The SMILES string of the molecule is NC(N)=C(/C=C(\N)c1ccccc1O)N1CCCC(c2ccc(C(=O)N3CCC(F)(CN4CCC(n5cc(C6CC6)c6cc(NC(=O)CCNC=O)cnc65)CC4)CC3)c(Cl)c2)C1. The van der Waals surface area contributed by atoms with Gasteiger partial charge >= 0.3 is 0 Å². The maximum absolute atomic E-state index is 16.5. The summed E-state index contributed by atoms with van der Waals surface area (Å²) in [5.41, 5.74) is 22.9. The molecule has 14 nitrogen and oxygen atoms in total. The molecule has 0 radical (unpaired) electrons. The summed E-state index contributed by atoms with van der Waals surface area (Å²) in [7, 11) is 0. The summed E-state index contributed by atoms with van der Waals surface area (Å²) >= 11 is 6.83. The van der Waals surface area contributed by atoms with E-state index in [1.54, 1.807) is 47.5 Å². The number of pyridine rings is 1. The number of allylic oxidation sites excluding steroid dienone is 1. The van der Waals surface area contributed by atoms with Gasteiger partial charge in [-0.1, -0.05) is 29.8 Å². The predicted octanol–water partition coefficient (Wildman–Crippen LogP) is 5.89. The van der Waals surface area contributed by atoms with Crippen molar-refractivity contribution in [2.75, 3.05) is 57.7 Å². The number of carbonyl (C=O) groups excluding carboxylic acids is 3. The number of rotatable bonds is 14. The van der Waals surface area contributed by atoms with Gasteiger partial charge in [0.1, 0.15) is 22.9 Å². The van der Waals surface area contributed by atoms with Crippen molar-refractivity contribution in [1.82, 2.24) is 29.6 Å². The molecule has 9 N–H and O–H groups in total. The molecule has 8 rings (SSSR count). The van der Waals surface area contributed by atoms with Crippen LogP contribution in [0.15, 0.2) is 78.5 Å². The molecule has 3 amide bonds. The fourth-order valence-corrected chi connectivity index (χ4v) is 9.88. The molecule has 1 unspecified atom stereocenters. The number of piperidine rings is 3. The number of halogens is 2. The first kappa shape index (κ1) is 43.8. The molecule has 0 spiro atoms. The highest BCUT2D eigenvalue weighted by atomic mass is 35.5. The van der Waals surface area contributed by atoms with Gasteiger partial charge in [-0.2, -0.15) is 0 Å². The molecular weight excluding hydrogens is 823 g/mol. The molecule has 1 saturated carbocycles. The van der Waals surface area contributed by atoms with E-state index < -0.39 is 5.67 Å². The molecule has 5 heterocycles. The van der Waals surface area contributed by atoms with Gasteiger partial charge in [-0.3, -0.25) is 14.4 Å². The van der Waals surface area contributed by atoms with Crippen LogP contribution in [0, 0.1) is 0 Å². The number of phenols is 1. The highest BCUT2D eigenvalue weighted by Gasteiger charge is 2.39. The lowest BCUT2D eigenvalue weighted by Gasteiger charge is -2.41. The van der Waals surface area contributed by atoms with Crippen molar-refractivity contribution in [3.63, 3.8) is 0 Å². The van der Waals surface area contributed by atoms with Gasteiger partial charge in [0.05, 0.1) is 28.2 Å². The number of hydrogen-bond donors (Lipinski definition) is 6. The summed E-state index contributed by atoms with van der Waals surface area (Å²) in [5.74, 6) is 0.412. The number of nitrogens with zero attached hydrogens (tertiary/aromatic N) is 5. The second-order valence-electron chi connectivity index (χ2n) is 17.7. The first-order chi connectivity index (χ1) is 30.4. The number of carbonyl (C=O) groups is 3. The van der Waals surface area contributed by atoms with Crippen LogP contribution in [0.25, 0.3) is 16.7 Å². The van der Waals surface area contributed by atoms with E-state index in [-0.39, 0.29) is 61.2 Å². The topological polar surface area (TPSA) is 201 Å². The van der Waals surface area contributed by atoms with Gasteiger partial charge in [0.2, 0.25) is 12.3 Å². The highest BCUT2D eigenvalue weighted by Crippen LogP contribution is 2.45. The van der Waals surface area contributed by atoms with Crippen molar-refractivity contribution in [3.8, 4) is 5.75 Å². The summed E-state index contributed by atoms with van der Waals surface area (Å²) in [4.78, 5) is 47.6. The maximum atomic E-state index is 16.5. The minimum Gasteiger partial charge on any atom is -0.507 e. The number of phenolic OH excluding ortho intramolecular Hbond substituents is 1. The lowest BCUT2D eigenvalue weighted by atomic mass is 9.89. The Labute approximate surface area is 372 Å². The molecule has 4 fully saturated rings. The molecular formula is C47H58ClFN10O4. The number of amides is 3. The number of nitrogens with one attached hydrogen (secondary N) is 2. The van der Waals surface area contributed by atoms with Gasteiger partial charge in [0.15, 0.2) is 0 Å². The number of nitrogens with two attached hydrogens (primary N) is 3. The van der Waals surface area contributed by atoms with Crippen molar-refractivity contribution in [2.45, 2.75) is 81.3 Å². The minimum atomic E-state index is -1.39. The van der Waals surface area contributed by atoms with Crippen LogP contribution in [-0.4, -0.2) is 106 Å². The van der Waals surface area contributed by atoms with Gasteiger partial charge in [0.25, 0.3) is 5.91 Å². The summed E-state index contributed by atoms with van der Waals surface area (Å²) in [6, 6.07) is 14.7. The van der Waals surface area contributed by atoms with E-state index in [1.165, 1.54) is 5.56 Å². The van der Waals surface area contributed by atoms with Crippen LogP contribution in [0.5, 0.6) is 5.75 Å². The van der Waals surface area contributed by atoms with E-state index in [1.807, 2.05) is 18.2 Å². The van der Waals surface area contributed by atoms with Gasteiger partial charge in [-0.05, 0) is 92.0 Å². The molecule has 2 aromatic heterocycles. The third-order valence-electron chi connectivity index (χ3n) is 13.2. The first-order valence-corrected chi connectivity index (χ1v) is 22.5. The van der Waals surface area contributed by atoms with Crippen LogP contribution in [-0.2, 0) is 9.59 Å². The first-order valence-electron chi connectivity index (χ1n) is 22.1. The molecule has 4 aliphatic rings. The standard InChI is InChI=1S/C47H58ClFN10O4/c48-39-22-31(32-4-3-17-58(26-32)41(44(51)52)24-40(50)36-5-1-2-6-42(36)61)9-10-35(39)46(63)57-20-14-47(49,15-21-57)28-56-18-12-34(13-19-56)59-27-38(30-7-8-30)37-23-33(25-54-45(37)59)55-43(62)11-16-53-29-60/h1-2,5-6,9-10,22-25,27,29-30,32,34,61H,3-4,7-8,11-21,26,28,50-52H2,(H,53,60)(H,55,62)/b40-24-. The Bertz CT molecular complexity index is 2400. The van der Waals surface area contributed by atoms with Gasteiger partial charge < -0.3 is 52.2 Å². The smallest absolute Gasteiger partial charge is 0.255 e. The normalized spacial score (nSPS) is 19.8. The lowest BCUT2D eigenvalue weighted by molar-refractivity contribution is -0.116. The Morgan fingerprint density at radius 2 is 1.70 bits per heavy atom. The molecule has 63 heavy (non-hydrogen) atoms. The molecule has 1 atom stereocenters. The number of aromatic nitrogens is 2. The second kappa shape index (κ2) is 18.9. The summed E-state index contributed by atoms with van der Waals surface area (Å²) in [5, 5.41) is 17.2. The number of aromatic hydroxyl groups is 1. The van der Waals surface area contributed by atoms with Crippen LogP contribution in [0.2, 0.25) is 5.02 Å². The summed E-state index contributed by atoms with van der Waals surface area (Å²) < 4.78 is 18.8. The summed E-state index contributed by atoms with van der Waals surface area (Å²) in [6.45, 7) is 4.11. The number of fused-ring (bicyclic) bond motifs is 1. The molecule has 1 aliphatic carbocycles. The van der Waals surface area contributed by atoms with Crippen LogP contribution >= 0.6 is 11.6 Å². The second-order valence-corrected chi connectivity index (χ2v) is 18.1. The van der Waals surface area contributed by atoms with Crippen LogP contribution in [0.4, 0.5) is 10.1 Å². The third-order valence-corrected chi connectivity index (χ3v) is 13.6. The van der Waals surface area contributed by atoms with Crippen LogP contribution in [0.1, 0.15) is 103 Å². The van der Waals surface area contributed by atoms with Crippen molar-refractivity contribution in [3.05, 3.63) is 106 Å². The molecule has 2 aromatic carbocycles. The Kier molecular flexibility index (Phi) is 13.1. The summed E-state index contributed by atoms with van der Waals surface area (Å²) in [6.07, 6.45) is 12.7. The number of para-hydroxylation sites is 1. The number of hydrogen-bond acceptors (Lipinski definition) is 10. The largest absolute Gasteiger partial charge is 0.507 e. The van der Waals surface area contributed by atoms with E-state index in [4.69, 9.17) is 33.8 Å². The number of alkyl halides is 1. The fourth-order valence-electron chi connectivity index (χ4n) is 9.61. The fraction of sp³-hybridized carbons (Fsp3) is 0.447. The van der Waals surface area contributed by atoms with Crippen molar-refractivity contribution >= 4 is 52.2 Å². The van der Waals surface area contributed by atoms with E-state index in [0.717, 1.165) is 74.8 Å². The number of anilines is 1. The third kappa shape index (κ3) is 10.0. The van der Waals surface area contributed by atoms with E-state index in [2.05, 4.69) is 31.2 Å². The van der Waals surface area contributed by atoms with Gasteiger partial charge in [0, 0.05) is 106 Å². The van der Waals surface area contributed by atoms with Gasteiger partial charge in [-0.15, -0.1) is 0 Å². The molecule has 3 saturated heterocycles. The molecule has 4 aromatic rings. The Morgan fingerprint density at radius 1 is 0.937 bits per heavy atom. The predicted molar refractivity (Wildman–Crippen MR) is 243 cm³/mol. The molecule has 3 aliphatic heterocycles. The number of benzene rings is 2. The highest BCUT2D eigenvalue weighted by molar-refractivity contribution is 6.33. The lowest BCUT2D eigenvalue weighted by Crippen LogP contribution is -2.51. The quantitative estimate of drug-likeness (QED) is 0.0504. The van der Waals surface area contributed by atoms with Crippen molar-refractivity contribution in [1.29, 1.82) is 0 Å². The average molecular weight is 881 g/mol. The van der Waals surface area contributed by atoms with Crippen molar-refractivity contribution < 1.29 is 23.9 Å². The molecule has 16 heteroatoms. The monoisotopic (exact) mass is 880 g/mol. The van der Waals surface area contributed by atoms with E-state index in [9.17, 15) is 19.5 Å². The maximum Gasteiger partial charge on any atom is 0.255 e. The van der Waals surface area contributed by atoms with Crippen LogP contribution < -0.4 is 27.8 Å². The average Bonchev–Trinajstić information content (AvgIpc) is 4.06. The number of likely N-dealkylation sites (tertiary alicyclic amines) is 3. The van der Waals surface area contributed by atoms with Crippen LogP contribution in [0.3, 0.4) is 0 Å². The Morgan fingerprint density at radius 3 is 2.40 bits per heavy atom. The zero-order chi connectivity index (χ0) is 44.3. The Hall–Kier alpha value is -5.80. The van der Waals surface area contributed by atoms with Crippen molar-refractivity contribution in [2.24, 2.45) is 17.2 Å². The Balaban J connectivity index is 0.840. The van der Waals surface area contributed by atoms with E-state index >= 15 is 4.39 Å². The molecule has 0 bridgehead atoms. The molecule has 334 valence electrons. The minimum absolute atomic E-state index is 0.0661. The van der Waals surface area contributed by atoms with Gasteiger partial charge in [-0.25, -0.2) is 9.37 Å². The van der Waals surface area contributed by atoms with E-state index in [0.29, 0.717) is 71.7 Å².